The van der Waals surface area contributed by atoms with Crippen LogP contribution >= 0.6 is 11.8 Å². The van der Waals surface area contributed by atoms with Crippen LogP contribution in [0.3, 0.4) is 0 Å². The highest BCUT2D eigenvalue weighted by Crippen LogP contribution is 2.23. The standard InChI is InChI=1S/C20H18N4O2S/c25-18-16-17(19(26)23-22-18)24(13-15-9-5-2-6-10-15)20(21-16)27-12-11-14-7-3-1-4-8-14/h1-10H,11-13H2,(H,22,25)(H,23,26). The molecule has 0 aliphatic heterocycles. The number of nitrogens with zero attached hydrogens (tertiary/aromatic N) is 2. The van der Waals surface area contributed by atoms with Crippen molar-refractivity contribution in [2.45, 2.75) is 18.1 Å². The lowest BCUT2D eigenvalue weighted by Crippen LogP contribution is -2.20. The molecule has 2 N–H and O–H groups in total. The zero-order valence-corrected chi connectivity index (χ0v) is 15.3. The van der Waals surface area contributed by atoms with Gasteiger partial charge in [0.2, 0.25) is 0 Å². The van der Waals surface area contributed by atoms with Crippen molar-refractivity contribution in [1.82, 2.24) is 19.7 Å². The third kappa shape index (κ3) is 3.73. The van der Waals surface area contributed by atoms with Crippen molar-refractivity contribution in [3.05, 3.63) is 92.5 Å². The number of hydrogen-bond acceptors (Lipinski definition) is 4. The smallest absolute Gasteiger partial charge is 0.290 e. The summed E-state index contributed by atoms with van der Waals surface area (Å²) in [5.41, 5.74) is 2.04. The van der Waals surface area contributed by atoms with Crippen LogP contribution in [0.2, 0.25) is 0 Å². The lowest BCUT2D eigenvalue weighted by Gasteiger charge is -2.08. The quantitative estimate of drug-likeness (QED) is 0.506. The van der Waals surface area contributed by atoms with Crippen LogP contribution in [0.4, 0.5) is 0 Å². The molecular weight excluding hydrogens is 360 g/mol. The van der Waals surface area contributed by atoms with Crippen molar-refractivity contribution in [1.29, 1.82) is 0 Å². The number of aromatic amines is 2. The molecule has 0 spiro atoms. The fourth-order valence-corrected chi connectivity index (χ4v) is 3.97. The first-order valence-corrected chi connectivity index (χ1v) is 9.63. The number of rotatable bonds is 6. The van der Waals surface area contributed by atoms with Crippen LogP contribution in [0.1, 0.15) is 11.1 Å². The first-order chi connectivity index (χ1) is 13.2. The van der Waals surface area contributed by atoms with E-state index in [9.17, 15) is 9.59 Å². The second-order valence-electron chi connectivity index (χ2n) is 6.16. The second-order valence-corrected chi connectivity index (χ2v) is 7.22. The van der Waals surface area contributed by atoms with Crippen LogP contribution in [0.15, 0.2) is 75.4 Å². The van der Waals surface area contributed by atoms with Gasteiger partial charge in [-0.15, -0.1) is 0 Å². The Hall–Kier alpha value is -3.06. The largest absolute Gasteiger partial charge is 0.310 e. The summed E-state index contributed by atoms with van der Waals surface area (Å²) in [5.74, 6) is 0.804. The van der Waals surface area contributed by atoms with Gasteiger partial charge in [-0.1, -0.05) is 72.4 Å². The molecule has 0 aliphatic rings. The van der Waals surface area contributed by atoms with Crippen LogP contribution in [-0.2, 0) is 13.0 Å². The van der Waals surface area contributed by atoms with Gasteiger partial charge >= 0.3 is 0 Å². The Balaban J connectivity index is 1.69. The monoisotopic (exact) mass is 378 g/mol. The number of benzene rings is 2. The fourth-order valence-electron chi connectivity index (χ4n) is 2.98. The first-order valence-electron chi connectivity index (χ1n) is 8.64. The lowest BCUT2D eigenvalue weighted by atomic mass is 10.2. The third-order valence-corrected chi connectivity index (χ3v) is 5.28. The highest BCUT2D eigenvalue weighted by molar-refractivity contribution is 7.99. The predicted octanol–water partition coefficient (Wildman–Crippen LogP) is 2.80. The van der Waals surface area contributed by atoms with E-state index in [1.54, 1.807) is 11.8 Å². The number of imidazole rings is 1. The Kier molecular flexibility index (Phi) is 4.93. The van der Waals surface area contributed by atoms with Gasteiger partial charge in [0.05, 0.1) is 6.54 Å². The van der Waals surface area contributed by atoms with Crippen LogP contribution in [0.25, 0.3) is 11.0 Å². The molecule has 0 radical (unpaired) electrons. The maximum Gasteiger partial charge on any atom is 0.290 e. The van der Waals surface area contributed by atoms with Crippen LogP contribution in [0.5, 0.6) is 0 Å². The normalized spacial score (nSPS) is 11.1. The summed E-state index contributed by atoms with van der Waals surface area (Å²) in [7, 11) is 0. The summed E-state index contributed by atoms with van der Waals surface area (Å²) in [4.78, 5) is 29.0. The zero-order chi connectivity index (χ0) is 18.6. The molecule has 2 aromatic heterocycles. The van der Waals surface area contributed by atoms with Gasteiger partial charge in [-0.3, -0.25) is 19.8 Å². The maximum atomic E-state index is 12.4. The predicted molar refractivity (Wildman–Crippen MR) is 107 cm³/mol. The van der Waals surface area contributed by atoms with E-state index >= 15 is 0 Å². The Morgan fingerprint density at radius 1 is 0.852 bits per heavy atom. The van der Waals surface area contributed by atoms with E-state index in [4.69, 9.17) is 0 Å². The number of H-pyrrole nitrogens is 2. The molecule has 4 aromatic rings. The molecule has 0 unspecified atom stereocenters. The first kappa shape index (κ1) is 17.4. The maximum absolute atomic E-state index is 12.4. The van der Waals surface area contributed by atoms with Gasteiger partial charge in [0, 0.05) is 5.75 Å². The van der Waals surface area contributed by atoms with E-state index in [1.807, 2.05) is 53.1 Å². The van der Waals surface area contributed by atoms with Crippen molar-refractivity contribution >= 4 is 22.8 Å². The van der Waals surface area contributed by atoms with Crippen molar-refractivity contribution in [2.24, 2.45) is 0 Å². The van der Waals surface area contributed by atoms with Gasteiger partial charge in [-0.2, -0.15) is 0 Å². The van der Waals surface area contributed by atoms with Crippen molar-refractivity contribution in [2.75, 3.05) is 5.75 Å². The highest BCUT2D eigenvalue weighted by Gasteiger charge is 2.17. The summed E-state index contributed by atoms with van der Waals surface area (Å²) in [6.45, 7) is 0.484. The Labute approximate surface area is 159 Å². The van der Waals surface area contributed by atoms with Crippen LogP contribution in [-0.4, -0.2) is 25.5 Å². The SMILES string of the molecule is O=c1[nH][nH]c(=O)c2c1nc(SCCc1ccccc1)n2Cc1ccccc1. The van der Waals surface area contributed by atoms with Crippen molar-refractivity contribution in [3.8, 4) is 0 Å². The molecule has 27 heavy (non-hydrogen) atoms. The summed E-state index contributed by atoms with van der Waals surface area (Å²) >= 11 is 1.55. The van der Waals surface area contributed by atoms with Gasteiger partial charge < -0.3 is 4.57 Å². The molecule has 0 bridgehead atoms. The minimum Gasteiger partial charge on any atom is -0.310 e. The van der Waals surface area contributed by atoms with Crippen molar-refractivity contribution in [3.63, 3.8) is 0 Å². The molecule has 0 saturated heterocycles. The van der Waals surface area contributed by atoms with Crippen LogP contribution < -0.4 is 11.1 Å². The number of thioether (sulfide) groups is 1. The number of nitrogens with one attached hydrogen (secondary N) is 2. The molecule has 0 saturated carbocycles. The average Bonchev–Trinajstić information content (AvgIpc) is 3.06. The summed E-state index contributed by atoms with van der Waals surface area (Å²) in [5, 5.41) is 5.42. The van der Waals surface area contributed by atoms with Gasteiger partial charge in [-0.05, 0) is 17.5 Å². The van der Waals surface area contributed by atoms with E-state index in [1.165, 1.54) is 5.56 Å². The van der Waals surface area contributed by atoms with E-state index in [0.29, 0.717) is 17.2 Å². The molecule has 0 aliphatic carbocycles. The van der Waals surface area contributed by atoms with Gasteiger partial charge in [0.15, 0.2) is 10.7 Å². The second kappa shape index (κ2) is 7.67. The Morgan fingerprint density at radius 2 is 1.48 bits per heavy atom. The van der Waals surface area contributed by atoms with Crippen molar-refractivity contribution < 1.29 is 0 Å². The summed E-state index contributed by atoms with van der Waals surface area (Å²) in [6.07, 6.45) is 0.882. The minimum atomic E-state index is -0.388. The Bertz CT molecular complexity index is 1160. The fraction of sp³-hybridized carbons (Fsp3) is 0.150. The molecule has 0 fully saturated rings. The summed E-state index contributed by atoms with van der Waals surface area (Å²) in [6, 6.07) is 20.0. The molecule has 136 valence electrons. The van der Waals surface area contributed by atoms with Gasteiger partial charge in [0.1, 0.15) is 5.52 Å². The Morgan fingerprint density at radius 3 is 2.19 bits per heavy atom. The number of aromatic nitrogens is 4. The number of aryl methyl sites for hydroxylation is 1. The zero-order valence-electron chi connectivity index (χ0n) is 14.5. The molecule has 0 atom stereocenters. The molecular formula is C20H18N4O2S. The van der Waals surface area contributed by atoms with Gasteiger partial charge in [0.25, 0.3) is 11.1 Å². The highest BCUT2D eigenvalue weighted by atomic mass is 32.2. The number of fused-ring (bicyclic) bond motifs is 1. The minimum absolute atomic E-state index is 0.178. The third-order valence-electron chi connectivity index (χ3n) is 4.30. The molecule has 6 nitrogen and oxygen atoms in total. The summed E-state index contributed by atoms with van der Waals surface area (Å²) < 4.78 is 1.83. The van der Waals surface area contributed by atoms with Gasteiger partial charge in [-0.25, -0.2) is 4.98 Å². The number of hydrogen-bond donors (Lipinski definition) is 2. The lowest BCUT2D eigenvalue weighted by molar-refractivity contribution is 0.727. The van der Waals surface area contributed by atoms with E-state index in [0.717, 1.165) is 17.7 Å². The molecule has 7 heteroatoms. The van der Waals surface area contributed by atoms with E-state index in [-0.39, 0.29) is 16.6 Å². The molecule has 0 amide bonds. The molecule has 4 rings (SSSR count). The van der Waals surface area contributed by atoms with E-state index < -0.39 is 0 Å². The average molecular weight is 378 g/mol. The topological polar surface area (TPSA) is 83.5 Å². The molecule has 2 heterocycles. The molecule has 2 aromatic carbocycles. The van der Waals surface area contributed by atoms with Crippen LogP contribution in [0, 0.1) is 0 Å². The van der Waals surface area contributed by atoms with E-state index in [2.05, 4.69) is 27.3 Å².